The summed E-state index contributed by atoms with van der Waals surface area (Å²) in [5.74, 6) is -0.838. The van der Waals surface area contributed by atoms with Crippen molar-refractivity contribution in [3.8, 4) is 0 Å². The van der Waals surface area contributed by atoms with Gasteiger partial charge < -0.3 is 14.5 Å². The molecule has 0 N–H and O–H groups in total. The minimum Gasteiger partial charge on any atom is -0.371 e. The molecule has 2 aromatic rings. The lowest BCUT2D eigenvalue weighted by molar-refractivity contribution is -0.134. The second-order valence-electron chi connectivity index (χ2n) is 8.24. The predicted octanol–water partition coefficient (Wildman–Crippen LogP) is 2.89. The number of hydrogen-bond donors (Lipinski definition) is 0. The SMILES string of the molecule is CC(=O)c1ccc(N2CCN(C(=O)CN3CCOC(c4ccc(F)cc4)C3)CC2)c(F)c1. The fourth-order valence-electron chi connectivity index (χ4n) is 4.20. The second kappa shape index (κ2) is 9.75. The molecule has 170 valence electrons. The highest BCUT2D eigenvalue weighted by molar-refractivity contribution is 5.94. The van der Waals surface area contributed by atoms with Crippen molar-refractivity contribution >= 4 is 17.4 Å². The molecule has 2 aromatic carbocycles. The van der Waals surface area contributed by atoms with Gasteiger partial charge in [-0.25, -0.2) is 8.78 Å². The van der Waals surface area contributed by atoms with Gasteiger partial charge >= 0.3 is 0 Å². The van der Waals surface area contributed by atoms with Crippen molar-refractivity contribution in [2.75, 3.05) is 57.3 Å². The molecule has 0 spiro atoms. The van der Waals surface area contributed by atoms with Crippen molar-refractivity contribution in [2.24, 2.45) is 0 Å². The molecule has 8 heteroatoms. The number of amides is 1. The molecule has 0 radical (unpaired) electrons. The van der Waals surface area contributed by atoms with E-state index in [1.54, 1.807) is 29.2 Å². The Labute approximate surface area is 186 Å². The van der Waals surface area contributed by atoms with E-state index in [-0.39, 0.29) is 23.6 Å². The molecule has 0 aliphatic carbocycles. The Morgan fingerprint density at radius 2 is 1.72 bits per heavy atom. The largest absolute Gasteiger partial charge is 0.371 e. The monoisotopic (exact) mass is 443 g/mol. The number of morpholine rings is 1. The van der Waals surface area contributed by atoms with Crippen LogP contribution in [0.1, 0.15) is 28.9 Å². The van der Waals surface area contributed by atoms with Gasteiger partial charge in [-0.15, -0.1) is 0 Å². The average molecular weight is 443 g/mol. The van der Waals surface area contributed by atoms with Crippen LogP contribution in [0.5, 0.6) is 0 Å². The van der Waals surface area contributed by atoms with Crippen LogP contribution in [0.25, 0.3) is 0 Å². The summed E-state index contributed by atoms with van der Waals surface area (Å²) in [7, 11) is 0. The summed E-state index contributed by atoms with van der Waals surface area (Å²) in [6.07, 6.45) is -0.185. The molecule has 0 aromatic heterocycles. The Kier molecular flexibility index (Phi) is 6.81. The van der Waals surface area contributed by atoms with Gasteiger partial charge in [-0.2, -0.15) is 0 Å². The van der Waals surface area contributed by atoms with Crippen molar-refractivity contribution in [2.45, 2.75) is 13.0 Å². The van der Waals surface area contributed by atoms with Gasteiger partial charge in [0.2, 0.25) is 5.91 Å². The van der Waals surface area contributed by atoms with E-state index in [1.165, 1.54) is 25.1 Å². The summed E-state index contributed by atoms with van der Waals surface area (Å²) >= 11 is 0. The molecule has 2 saturated heterocycles. The van der Waals surface area contributed by atoms with E-state index in [1.807, 2.05) is 4.90 Å². The van der Waals surface area contributed by atoms with E-state index in [4.69, 9.17) is 4.74 Å². The molecule has 2 aliphatic heterocycles. The Hall–Kier alpha value is -2.84. The average Bonchev–Trinajstić information content (AvgIpc) is 2.80. The number of ether oxygens (including phenoxy) is 1. The van der Waals surface area contributed by atoms with E-state index in [0.29, 0.717) is 63.7 Å². The maximum Gasteiger partial charge on any atom is 0.236 e. The number of ketones is 1. The predicted molar refractivity (Wildman–Crippen MR) is 117 cm³/mol. The molecule has 2 heterocycles. The molecule has 0 saturated carbocycles. The number of anilines is 1. The normalized spacial score (nSPS) is 19.8. The topological polar surface area (TPSA) is 53.1 Å². The van der Waals surface area contributed by atoms with E-state index in [9.17, 15) is 18.4 Å². The van der Waals surface area contributed by atoms with E-state index < -0.39 is 5.82 Å². The van der Waals surface area contributed by atoms with Crippen molar-refractivity contribution in [1.29, 1.82) is 0 Å². The number of carbonyl (C=O) groups excluding carboxylic acids is 2. The van der Waals surface area contributed by atoms with Crippen LogP contribution in [0.3, 0.4) is 0 Å². The standard InChI is InChI=1S/C24H27F2N3O3/c1-17(30)19-4-7-22(21(26)14-19)28-8-10-29(11-9-28)24(31)16-27-12-13-32-23(15-27)18-2-5-20(25)6-3-18/h2-7,14,23H,8-13,15-16H2,1H3. The number of benzene rings is 2. The smallest absolute Gasteiger partial charge is 0.236 e. The van der Waals surface area contributed by atoms with E-state index in [0.717, 1.165) is 5.56 Å². The van der Waals surface area contributed by atoms with Crippen molar-refractivity contribution < 1.29 is 23.1 Å². The number of rotatable bonds is 5. The van der Waals surface area contributed by atoms with Gasteiger partial charge in [0.25, 0.3) is 0 Å². The van der Waals surface area contributed by atoms with Crippen molar-refractivity contribution in [3.63, 3.8) is 0 Å². The summed E-state index contributed by atoms with van der Waals surface area (Å²) in [4.78, 5) is 30.1. The first kappa shape index (κ1) is 22.4. The highest BCUT2D eigenvalue weighted by Gasteiger charge is 2.27. The molecular formula is C24H27F2N3O3. The molecule has 1 unspecified atom stereocenters. The second-order valence-corrected chi connectivity index (χ2v) is 8.24. The zero-order chi connectivity index (χ0) is 22.7. The third kappa shape index (κ3) is 5.14. The summed E-state index contributed by atoms with van der Waals surface area (Å²) in [5.41, 5.74) is 1.71. The Bertz CT molecular complexity index is 975. The third-order valence-corrected chi connectivity index (χ3v) is 6.08. The van der Waals surface area contributed by atoms with Crippen LogP contribution in [0.4, 0.5) is 14.5 Å². The van der Waals surface area contributed by atoms with Crippen LogP contribution in [-0.4, -0.2) is 73.9 Å². The maximum atomic E-state index is 14.4. The number of halogens is 2. The van der Waals surface area contributed by atoms with Gasteiger partial charge in [0, 0.05) is 44.8 Å². The first-order valence-electron chi connectivity index (χ1n) is 10.8. The number of carbonyl (C=O) groups is 2. The van der Waals surface area contributed by atoms with Crippen LogP contribution in [0, 0.1) is 11.6 Å². The Balaban J connectivity index is 1.30. The van der Waals surface area contributed by atoms with Crippen molar-refractivity contribution in [1.82, 2.24) is 9.80 Å². The number of Topliss-reactive ketones (excluding diaryl/α,β-unsaturated/α-hetero) is 1. The first-order valence-corrected chi connectivity index (χ1v) is 10.8. The molecule has 1 amide bonds. The number of nitrogens with zero attached hydrogens (tertiary/aromatic N) is 3. The fraction of sp³-hybridized carbons (Fsp3) is 0.417. The summed E-state index contributed by atoms with van der Waals surface area (Å²) in [6.45, 7) is 5.54. The molecule has 6 nitrogen and oxygen atoms in total. The molecule has 4 rings (SSSR count). The summed E-state index contributed by atoms with van der Waals surface area (Å²) in [6, 6.07) is 10.8. The van der Waals surface area contributed by atoms with Crippen LogP contribution in [0.15, 0.2) is 42.5 Å². The summed E-state index contributed by atoms with van der Waals surface area (Å²) in [5, 5.41) is 0. The van der Waals surface area contributed by atoms with Gasteiger partial charge in [-0.3, -0.25) is 14.5 Å². The fourth-order valence-corrected chi connectivity index (χ4v) is 4.20. The van der Waals surface area contributed by atoms with Crippen LogP contribution >= 0.6 is 0 Å². The zero-order valence-electron chi connectivity index (χ0n) is 18.1. The first-order chi connectivity index (χ1) is 15.4. The molecular weight excluding hydrogens is 416 g/mol. The highest BCUT2D eigenvalue weighted by atomic mass is 19.1. The number of piperazine rings is 1. The van der Waals surface area contributed by atoms with E-state index >= 15 is 0 Å². The molecule has 0 bridgehead atoms. The summed E-state index contributed by atoms with van der Waals surface area (Å²) < 4.78 is 33.4. The lowest BCUT2D eigenvalue weighted by Gasteiger charge is -2.38. The minimum absolute atomic E-state index is 0.0387. The Morgan fingerprint density at radius 3 is 2.38 bits per heavy atom. The van der Waals surface area contributed by atoms with Gasteiger partial charge in [0.15, 0.2) is 5.78 Å². The van der Waals surface area contributed by atoms with E-state index in [2.05, 4.69) is 4.90 Å². The maximum absolute atomic E-state index is 14.4. The van der Waals surface area contributed by atoms with Crippen molar-refractivity contribution in [3.05, 3.63) is 65.2 Å². The van der Waals surface area contributed by atoms with Crippen LogP contribution < -0.4 is 4.90 Å². The minimum atomic E-state index is -0.419. The Morgan fingerprint density at radius 1 is 1.00 bits per heavy atom. The van der Waals surface area contributed by atoms with Gasteiger partial charge in [-0.1, -0.05) is 12.1 Å². The molecule has 1 atom stereocenters. The quantitative estimate of drug-likeness (QED) is 0.666. The molecule has 2 aliphatic rings. The third-order valence-electron chi connectivity index (χ3n) is 6.08. The van der Waals surface area contributed by atoms with Gasteiger partial charge in [-0.05, 0) is 42.8 Å². The van der Waals surface area contributed by atoms with Crippen LogP contribution in [-0.2, 0) is 9.53 Å². The van der Waals surface area contributed by atoms with Gasteiger partial charge in [0.1, 0.15) is 11.6 Å². The molecule has 2 fully saturated rings. The number of hydrogen-bond acceptors (Lipinski definition) is 5. The lowest BCUT2D eigenvalue weighted by Crippen LogP contribution is -2.52. The van der Waals surface area contributed by atoms with Crippen LogP contribution in [0.2, 0.25) is 0 Å². The zero-order valence-corrected chi connectivity index (χ0v) is 18.1. The molecule has 32 heavy (non-hydrogen) atoms. The lowest BCUT2D eigenvalue weighted by atomic mass is 10.1. The highest BCUT2D eigenvalue weighted by Crippen LogP contribution is 2.24. The van der Waals surface area contributed by atoms with Gasteiger partial charge in [0.05, 0.1) is 24.9 Å².